The number of rotatable bonds is 5. The minimum atomic E-state index is 0. The highest BCUT2D eigenvalue weighted by molar-refractivity contribution is 14.0. The molecule has 0 amide bonds. The molecule has 0 bridgehead atoms. The third-order valence-electron chi connectivity index (χ3n) is 3.15. The van der Waals surface area contributed by atoms with Crippen LogP contribution in [0, 0.1) is 13.8 Å². The van der Waals surface area contributed by atoms with Crippen molar-refractivity contribution in [2.24, 2.45) is 12.0 Å². The summed E-state index contributed by atoms with van der Waals surface area (Å²) in [6.07, 6.45) is 1.77. The molecule has 2 aromatic heterocycles. The van der Waals surface area contributed by atoms with Crippen molar-refractivity contribution in [3.63, 3.8) is 0 Å². The number of aromatic nitrogens is 3. The lowest BCUT2D eigenvalue weighted by Crippen LogP contribution is -2.36. The Labute approximate surface area is 147 Å². The summed E-state index contributed by atoms with van der Waals surface area (Å²) < 4.78 is 7.36. The van der Waals surface area contributed by atoms with E-state index in [-0.39, 0.29) is 24.0 Å². The van der Waals surface area contributed by atoms with Gasteiger partial charge in [-0.3, -0.25) is 4.68 Å². The molecule has 0 spiro atoms. The molecule has 2 aromatic rings. The smallest absolute Gasteiger partial charge is 0.214 e. The second kappa shape index (κ2) is 8.76. The van der Waals surface area contributed by atoms with Crippen LogP contribution in [0.15, 0.2) is 21.7 Å². The van der Waals surface area contributed by atoms with Gasteiger partial charge in [-0.1, -0.05) is 0 Å². The summed E-state index contributed by atoms with van der Waals surface area (Å²) >= 11 is 0. The topological polar surface area (TPSA) is 80.3 Å². The Balaban J connectivity index is 0.00000242. The predicted molar refractivity (Wildman–Crippen MR) is 96.3 cm³/mol. The summed E-state index contributed by atoms with van der Waals surface area (Å²) in [6, 6.07) is 1.95. The highest BCUT2D eigenvalue weighted by Crippen LogP contribution is 2.07. The molecule has 0 aliphatic heterocycles. The van der Waals surface area contributed by atoms with E-state index in [2.05, 4.69) is 25.7 Å². The second-order valence-corrected chi connectivity index (χ2v) is 4.74. The van der Waals surface area contributed by atoms with E-state index in [0.717, 1.165) is 29.7 Å². The van der Waals surface area contributed by atoms with E-state index >= 15 is 0 Å². The minimum absolute atomic E-state index is 0. The van der Waals surface area contributed by atoms with E-state index in [1.165, 1.54) is 0 Å². The van der Waals surface area contributed by atoms with E-state index in [4.69, 9.17) is 4.42 Å². The van der Waals surface area contributed by atoms with Gasteiger partial charge in [-0.25, -0.2) is 9.98 Å². The van der Waals surface area contributed by atoms with Gasteiger partial charge in [0, 0.05) is 19.8 Å². The number of aryl methyl sites for hydroxylation is 3. The van der Waals surface area contributed by atoms with Crippen LogP contribution in [0.4, 0.5) is 0 Å². The maximum atomic E-state index is 5.54. The van der Waals surface area contributed by atoms with E-state index < -0.39 is 0 Å². The fourth-order valence-electron chi connectivity index (χ4n) is 1.83. The molecule has 8 heteroatoms. The first-order valence-electron chi connectivity index (χ1n) is 7.02. The number of hydrogen-bond donors (Lipinski definition) is 2. The maximum Gasteiger partial charge on any atom is 0.214 e. The second-order valence-electron chi connectivity index (χ2n) is 4.74. The van der Waals surface area contributed by atoms with Gasteiger partial charge in [0.15, 0.2) is 5.96 Å². The molecule has 122 valence electrons. The highest BCUT2D eigenvalue weighted by atomic mass is 127. The number of halogens is 1. The molecule has 0 saturated carbocycles. The number of nitrogens with zero attached hydrogens (tertiary/aromatic N) is 4. The van der Waals surface area contributed by atoms with E-state index in [1.807, 2.05) is 38.6 Å². The fraction of sp³-hybridized carbons (Fsp3) is 0.500. The zero-order chi connectivity index (χ0) is 15.2. The molecule has 22 heavy (non-hydrogen) atoms. The lowest BCUT2D eigenvalue weighted by molar-refractivity contribution is 0.463. The number of aliphatic imine (C=N–C) groups is 1. The molecule has 0 fully saturated rings. The van der Waals surface area contributed by atoms with Crippen LogP contribution in [-0.2, 0) is 20.1 Å². The van der Waals surface area contributed by atoms with E-state index in [1.54, 1.807) is 6.20 Å². The Kier molecular flexibility index (Phi) is 7.36. The standard InChI is InChI=1S/C14H22N6O.HI/c1-5-15-14(16-8-12-6-7-18-20(12)4)17-9-13-19-10(2)11(3)21-13;/h6-7H,5,8-9H2,1-4H3,(H2,15,16,17);1H. The first-order chi connectivity index (χ1) is 10.1. The van der Waals surface area contributed by atoms with Gasteiger partial charge in [-0.2, -0.15) is 5.10 Å². The van der Waals surface area contributed by atoms with Gasteiger partial charge >= 0.3 is 0 Å². The number of nitrogens with one attached hydrogen (secondary N) is 2. The molecule has 0 aromatic carbocycles. The molecule has 0 aliphatic carbocycles. The molecule has 0 radical (unpaired) electrons. The van der Waals surface area contributed by atoms with Gasteiger partial charge in [-0.05, 0) is 26.8 Å². The molecule has 0 unspecified atom stereocenters. The average Bonchev–Trinajstić information content (AvgIpc) is 3.00. The van der Waals surface area contributed by atoms with Gasteiger partial charge in [0.25, 0.3) is 0 Å². The van der Waals surface area contributed by atoms with Gasteiger partial charge in [0.2, 0.25) is 5.89 Å². The van der Waals surface area contributed by atoms with Crippen molar-refractivity contribution >= 4 is 29.9 Å². The molecule has 0 aliphatic rings. The number of guanidine groups is 1. The van der Waals surface area contributed by atoms with Crippen LogP contribution in [0.3, 0.4) is 0 Å². The number of oxazole rings is 1. The monoisotopic (exact) mass is 418 g/mol. The lowest BCUT2D eigenvalue weighted by Gasteiger charge is -2.09. The Morgan fingerprint density at radius 2 is 2.14 bits per heavy atom. The maximum absolute atomic E-state index is 5.54. The van der Waals surface area contributed by atoms with Crippen LogP contribution < -0.4 is 10.6 Å². The quantitative estimate of drug-likeness (QED) is 0.441. The van der Waals surface area contributed by atoms with Gasteiger partial charge in [0.05, 0.1) is 24.5 Å². The van der Waals surface area contributed by atoms with Crippen molar-refractivity contribution in [3.8, 4) is 0 Å². The van der Waals surface area contributed by atoms with E-state index in [0.29, 0.717) is 19.0 Å². The average molecular weight is 418 g/mol. The third-order valence-corrected chi connectivity index (χ3v) is 3.15. The Morgan fingerprint density at radius 1 is 1.36 bits per heavy atom. The Hall–Kier alpha value is -1.58. The summed E-state index contributed by atoms with van der Waals surface area (Å²) in [7, 11) is 1.91. The molecule has 0 atom stereocenters. The fourth-order valence-corrected chi connectivity index (χ4v) is 1.83. The van der Waals surface area contributed by atoms with Crippen LogP contribution in [0.1, 0.15) is 30.0 Å². The van der Waals surface area contributed by atoms with Gasteiger partial charge in [0.1, 0.15) is 5.76 Å². The highest BCUT2D eigenvalue weighted by Gasteiger charge is 2.06. The minimum Gasteiger partial charge on any atom is -0.444 e. The zero-order valence-electron chi connectivity index (χ0n) is 13.4. The molecular weight excluding hydrogens is 395 g/mol. The predicted octanol–water partition coefficient (Wildman–Crippen LogP) is 1.90. The molecule has 2 rings (SSSR count). The van der Waals surface area contributed by atoms with Crippen molar-refractivity contribution in [3.05, 3.63) is 35.3 Å². The van der Waals surface area contributed by atoms with Gasteiger partial charge in [-0.15, -0.1) is 24.0 Å². The van der Waals surface area contributed by atoms with Crippen LogP contribution in [0.2, 0.25) is 0 Å². The van der Waals surface area contributed by atoms with Gasteiger partial charge < -0.3 is 15.1 Å². The van der Waals surface area contributed by atoms with Crippen LogP contribution in [-0.4, -0.2) is 27.3 Å². The molecule has 2 heterocycles. The summed E-state index contributed by atoms with van der Waals surface area (Å²) in [5.74, 6) is 2.24. The van der Waals surface area contributed by atoms with Crippen molar-refractivity contribution in [1.82, 2.24) is 25.4 Å². The first-order valence-corrected chi connectivity index (χ1v) is 7.02. The largest absolute Gasteiger partial charge is 0.444 e. The summed E-state index contributed by atoms with van der Waals surface area (Å²) in [4.78, 5) is 8.87. The van der Waals surface area contributed by atoms with Crippen LogP contribution in [0.25, 0.3) is 0 Å². The third kappa shape index (κ3) is 5.00. The van der Waals surface area contributed by atoms with Crippen LogP contribution >= 0.6 is 24.0 Å². The lowest BCUT2D eigenvalue weighted by atomic mass is 10.4. The SMILES string of the molecule is CCNC(=NCc1ccnn1C)NCc1nc(C)c(C)o1.I. The molecular formula is C14H23IN6O. The summed E-state index contributed by atoms with van der Waals surface area (Å²) in [5, 5.41) is 10.5. The number of hydrogen-bond acceptors (Lipinski definition) is 4. The normalized spacial score (nSPS) is 11.2. The molecule has 7 nitrogen and oxygen atoms in total. The van der Waals surface area contributed by atoms with E-state index in [9.17, 15) is 0 Å². The summed E-state index contributed by atoms with van der Waals surface area (Å²) in [6.45, 7) is 7.74. The van der Waals surface area contributed by atoms with Crippen molar-refractivity contribution < 1.29 is 4.42 Å². The molecule has 0 saturated heterocycles. The first kappa shape index (κ1) is 18.5. The summed E-state index contributed by atoms with van der Waals surface area (Å²) in [5.41, 5.74) is 1.97. The van der Waals surface area contributed by atoms with Crippen LogP contribution in [0.5, 0.6) is 0 Å². The zero-order valence-corrected chi connectivity index (χ0v) is 15.7. The van der Waals surface area contributed by atoms with Crippen molar-refractivity contribution in [1.29, 1.82) is 0 Å². The Bertz CT molecular complexity index is 599. The molecule has 2 N–H and O–H groups in total. The Morgan fingerprint density at radius 3 is 2.68 bits per heavy atom. The van der Waals surface area contributed by atoms with Crippen molar-refractivity contribution in [2.75, 3.05) is 6.54 Å². The van der Waals surface area contributed by atoms with Crippen molar-refractivity contribution in [2.45, 2.75) is 33.9 Å².